The number of hydrogen-bond acceptors (Lipinski definition) is 8. The van der Waals surface area contributed by atoms with Crippen molar-refractivity contribution in [1.29, 1.82) is 0 Å². The van der Waals surface area contributed by atoms with Crippen LogP contribution in [0.1, 0.15) is 53.4 Å². The number of hydroxylamine groups is 2. The zero-order valence-corrected chi connectivity index (χ0v) is 19.6. The second-order valence-corrected chi connectivity index (χ2v) is 9.86. The minimum atomic E-state index is -1.33. The summed E-state index contributed by atoms with van der Waals surface area (Å²) in [7, 11) is 0. The first-order valence-corrected chi connectivity index (χ1v) is 10.9. The Morgan fingerprint density at radius 2 is 1.58 bits per heavy atom. The Balaban J connectivity index is 1.67. The topological polar surface area (TPSA) is 143 Å². The van der Waals surface area contributed by atoms with Crippen molar-refractivity contribution in [2.24, 2.45) is 10.8 Å². The zero-order chi connectivity index (χ0) is 24.8. The summed E-state index contributed by atoms with van der Waals surface area (Å²) < 4.78 is 5.81. The summed E-state index contributed by atoms with van der Waals surface area (Å²) >= 11 is 0. The maximum Gasteiger partial charge on any atom is 0.254 e. The Kier molecular flexibility index (Phi) is 8.87. The fraction of sp³-hybridized carbons (Fsp3) is 0.682. The molecule has 2 rings (SSSR count). The third-order valence-electron chi connectivity index (χ3n) is 5.17. The molecule has 5 amide bonds. The lowest BCUT2D eigenvalue weighted by Crippen LogP contribution is -2.40. The van der Waals surface area contributed by atoms with Crippen molar-refractivity contribution in [3.05, 3.63) is 12.2 Å². The predicted octanol–water partition coefficient (Wildman–Crippen LogP) is 0.276. The number of hydrogen-bond donors (Lipinski definition) is 2. The highest BCUT2D eigenvalue weighted by atomic mass is 16.8. The first-order valence-electron chi connectivity index (χ1n) is 10.9. The van der Waals surface area contributed by atoms with Crippen LogP contribution in [0.15, 0.2) is 12.2 Å². The molecule has 1 fully saturated rings. The summed E-state index contributed by atoms with van der Waals surface area (Å²) in [6.45, 7) is 8.51. The van der Waals surface area contributed by atoms with Gasteiger partial charge in [-0.1, -0.05) is 27.7 Å². The highest BCUT2D eigenvalue weighted by molar-refractivity contribution is 6.13. The van der Waals surface area contributed by atoms with Gasteiger partial charge in [-0.2, -0.15) is 5.06 Å². The second kappa shape index (κ2) is 11.0. The van der Waals surface area contributed by atoms with Gasteiger partial charge in [0.05, 0.1) is 13.2 Å². The number of ether oxygens (including phenoxy) is 1. The van der Waals surface area contributed by atoms with Crippen LogP contribution in [0.5, 0.6) is 0 Å². The van der Waals surface area contributed by atoms with Gasteiger partial charge in [0.25, 0.3) is 23.6 Å². The molecule has 2 aliphatic rings. The van der Waals surface area contributed by atoms with Gasteiger partial charge >= 0.3 is 0 Å². The van der Waals surface area contributed by atoms with Crippen LogP contribution in [-0.2, 0) is 33.5 Å². The molecule has 2 aliphatic heterocycles. The average Bonchev–Trinajstić information content (AvgIpc) is 3.19. The van der Waals surface area contributed by atoms with Crippen molar-refractivity contribution >= 4 is 29.5 Å². The first kappa shape index (κ1) is 26.6. The summed E-state index contributed by atoms with van der Waals surface area (Å²) in [4.78, 5) is 64.4. The molecule has 0 saturated carbocycles. The number of aliphatic hydroxyl groups excluding tert-OH is 1. The van der Waals surface area contributed by atoms with E-state index in [2.05, 4.69) is 5.32 Å². The lowest BCUT2D eigenvalue weighted by atomic mass is 9.89. The largest absolute Gasteiger partial charge is 0.380 e. The van der Waals surface area contributed by atoms with E-state index >= 15 is 0 Å². The van der Waals surface area contributed by atoms with E-state index in [1.54, 1.807) is 0 Å². The van der Waals surface area contributed by atoms with E-state index in [4.69, 9.17) is 9.57 Å². The maximum atomic E-state index is 12.1. The van der Waals surface area contributed by atoms with Crippen LogP contribution >= 0.6 is 0 Å². The lowest BCUT2D eigenvalue weighted by molar-refractivity contribution is -0.252. The molecule has 0 aliphatic carbocycles. The van der Waals surface area contributed by atoms with Gasteiger partial charge in [0.15, 0.2) is 6.29 Å². The number of carbonyl (C=O) groups is 5. The van der Waals surface area contributed by atoms with Gasteiger partial charge in [-0.25, -0.2) is 4.84 Å². The monoisotopic (exact) mass is 467 g/mol. The minimum absolute atomic E-state index is 0.0169. The Labute approximate surface area is 193 Å². The molecule has 0 aromatic rings. The van der Waals surface area contributed by atoms with E-state index in [-0.39, 0.29) is 44.7 Å². The van der Waals surface area contributed by atoms with Crippen molar-refractivity contribution in [3.63, 3.8) is 0 Å². The van der Waals surface area contributed by atoms with Gasteiger partial charge in [0, 0.05) is 56.3 Å². The highest BCUT2D eigenvalue weighted by Gasteiger charge is 2.34. The Morgan fingerprint density at radius 3 is 2.15 bits per heavy atom. The van der Waals surface area contributed by atoms with Gasteiger partial charge in [-0.15, -0.1) is 0 Å². The molecule has 2 N–H and O–H groups in total. The van der Waals surface area contributed by atoms with Crippen LogP contribution in [0.2, 0.25) is 0 Å². The van der Waals surface area contributed by atoms with Crippen LogP contribution in [0.3, 0.4) is 0 Å². The number of nitrogens with one attached hydrogen (secondary N) is 1. The molecule has 1 unspecified atom stereocenters. The van der Waals surface area contributed by atoms with Crippen molar-refractivity contribution in [2.45, 2.75) is 59.7 Å². The number of imide groups is 2. The standard InChI is InChI=1S/C22H33N3O8/c1-21(2,11-20(31)33-25-18(29)7-8-19(25)30)13-32-14-22(3,4)12-23-15(26)9-10-24-16(27)5-6-17(24)28/h5-6,20,31H,7-14H2,1-4H3,(H,23,26). The highest BCUT2D eigenvalue weighted by Crippen LogP contribution is 2.26. The molecule has 2 heterocycles. The van der Waals surface area contributed by atoms with Crippen LogP contribution in [-0.4, -0.2) is 77.2 Å². The third kappa shape index (κ3) is 8.34. The van der Waals surface area contributed by atoms with Crippen LogP contribution in [0.4, 0.5) is 0 Å². The van der Waals surface area contributed by atoms with Crippen molar-refractivity contribution < 1.29 is 38.7 Å². The molecule has 0 aromatic heterocycles. The Bertz CT molecular complexity index is 786. The molecule has 1 saturated heterocycles. The summed E-state index contributed by atoms with van der Waals surface area (Å²) in [6, 6.07) is 0. The molecule has 11 nitrogen and oxygen atoms in total. The Morgan fingerprint density at radius 1 is 1.03 bits per heavy atom. The third-order valence-corrected chi connectivity index (χ3v) is 5.17. The normalized spacial score (nSPS) is 18.0. The minimum Gasteiger partial charge on any atom is -0.380 e. The van der Waals surface area contributed by atoms with E-state index in [1.165, 1.54) is 12.2 Å². The van der Waals surface area contributed by atoms with Crippen LogP contribution < -0.4 is 5.32 Å². The smallest absolute Gasteiger partial charge is 0.254 e. The molecule has 184 valence electrons. The quantitative estimate of drug-likeness (QED) is 0.290. The first-order chi connectivity index (χ1) is 15.3. The van der Waals surface area contributed by atoms with Crippen LogP contribution in [0, 0.1) is 10.8 Å². The van der Waals surface area contributed by atoms with Gasteiger partial charge in [-0.05, 0) is 5.41 Å². The number of carbonyl (C=O) groups excluding carboxylic acids is 5. The molecule has 33 heavy (non-hydrogen) atoms. The van der Waals surface area contributed by atoms with Crippen molar-refractivity contribution in [2.75, 3.05) is 26.3 Å². The molecule has 0 spiro atoms. The average molecular weight is 468 g/mol. The number of nitrogens with zero attached hydrogens (tertiary/aromatic N) is 2. The molecule has 0 radical (unpaired) electrons. The fourth-order valence-electron chi connectivity index (χ4n) is 3.31. The number of amides is 5. The molecule has 11 heteroatoms. The number of rotatable bonds is 13. The summed E-state index contributed by atoms with van der Waals surface area (Å²) in [5, 5.41) is 13.5. The van der Waals surface area contributed by atoms with E-state index in [1.807, 2.05) is 27.7 Å². The molecular formula is C22H33N3O8. The van der Waals surface area contributed by atoms with Crippen molar-refractivity contribution in [1.82, 2.24) is 15.3 Å². The van der Waals surface area contributed by atoms with Gasteiger partial charge in [0.2, 0.25) is 5.91 Å². The Hall–Kier alpha value is -2.63. The van der Waals surface area contributed by atoms with Gasteiger partial charge in [-0.3, -0.25) is 28.9 Å². The SMILES string of the molecule is CC(C)(CNC(=O)CCN1C(=O)C=CC1=O)COCC(C)(C)CC(O)ON1C(=O)CCC1=O. The van der Waals surface area contributed by atoms with Gasteiger partial charge < -0.3 is 15.2 Å². The second-order valence-electron chi connectivity index (χ2n) is 9.86. The van der Waals surface area contributed by atoms with E-state index < -0.39 is 40.7 Å². The molecular weight excluding hydrogens is 434 g/mol. The van der Waals surface area contributed by atoms with Crippen molar-refractivity contribution in [3.8, 4) is 0 Å². The summed E-state index contributed by atoms with van der Waals surface area (Å²) in [6.07, 6.45) is 1.35. The van der Waals surface area contributed by atoms with Crippen LogP contribution in [0.25, 0.3) is 0 Å². The molecule has 0 aromatic carbocycles. The lowest BCUT2D eigenvalue weighted by Gasteiger charge is -2.31. The summed E-state index contributed by atoms with van der Waals surface area (Å²) in [5.74, 6) is -2.04. The van der Waals surface area contributed by atoms with E-state index in [0.717, 1.165) is 4.90 Å². The molecule has 0 bridgehead atoms. The zero-order valence-electron chi connectivity index (χ0n) is 19.6. The molecule has 1 atom stereocenters. The van der Waals surface area contributed by atoms with E-state index in [9.17, 15) is 29.1 Å². The summed E-state index contributed by atoms with van der Waals surface area (Å²) in [5.41, 5.74) is -0.899. The van der Waals surface area contributed by atoms with Gasteiger partial charge in [0.1, 0.15) is 0 Å². The fourth-order valence-corrected chi connectivity index (χ4v) is 3.31. The number of aliphatic hydroxyl groups is 1. The maximum absolute atomic E-state index is 12.1. The van der Waals surface area contributed by atoms with E-state index in [0.29, 0.717) is 18.2 Å². The predicted molar refractivity (Wildman–Crippen MR) is 115 cm³/mol.